The molecule has 0 aromatic heterocycles. The average Bonchev–Trinajstić information content (AvgIpc) is 2.33. The van der Waals surface area contributed by atoms with Crippen LogP contribution in [-0.4, -0.2) is 0 Å². The molecule has 1 aromatic carbocycles. The Labute approximate surface area is 105 Å². The SMILES string of the molecule is CC(C)[C@@H](c1ccc(N)cc1)C1CCCCC1. The second-order valence-electron chi connectivity index (χ2n) is 5.83. The van der Waals surface area contributed by atoms with Crippen molar-refractivity contribution in [2.75, 3.05) is 5.73 Å². The fraction of sp³-hybridized carbons (Fsp3) is 0.625. The van der Waals surface area contributed by atoms with Crippen LogP contribution in [0.4, 0.5) is 5.69 Å². The number of anilines is 1. The zero-order valence-corrected chi connectivity index (χ0v) is 11.2. The van der Waals surface area contributed by atoms with Gasteiger partial charge in [-0.25, -0.2) is 0 Å². The number of hydrogen-bond acceptors (Lipinski definition) is 1. The molecule has 1 saturated carbocycles. The van der Waals surface area contributed by atoms with Crippen molar-refractivity contribution in [3.8, 4) is 0 Å². The molecule has 1 atom stereocenters. The van der Waals surface area contributed by atoms with Crippen LogP contribution in [0.15, 0.2) is 24.3 Å². The predicted molar refractivity (Wildman–Crippen MR) is 75.0 cm³/mol. The minimum absolute atomic E-state index is 0.718. The van der Waals surface area contributed by atoms with E-state index in [4.69, 9.17) is 5.73 Å². The van der Waals surface area contributed by atoms with Crippen molar-refractivity contribution in [3.05, 3.63) is 29.8 Å². The first-order valence-corrected chi connectivity index (χ1v) is 7.04. The molecule has 2 N–H and O–H groups in total. The molecule has 2 rings (SSSR count). The lowest BCUT2D eigenvalue weighted by atomic mass is 9.72. The Hall–Kier alpha value is -0.980. The zero-order chi connectivity index (χ0) is 12.3. The van der Waals surface area contributed by atoms with Gasteiger partial charge in [0.05, 0.1) is 0 Å². The van der Waals surface area contributed by atoms with E-state index in [9.17, 15) is 0 Å². The molecule has 0 bridgehead atoms. The smallest absolute Gasteiger partial charge is 0.0314 e. The van der Waals surface area contributed by atoms with Gasteiger partial charge in [0, 0.05) is 5.69 Å². The van der Waals surface area contributed by atoms with Gasteiger partial charge in [-0.3, -0.25) is 0 Å². The molecular formula is C16H25N. The van der Waals surface area contributed by atoms with Crippen LogP contribution in [0.2, 0.25) is 0 Å². The Balaban J connectivity index is 2.18. The van der Waals surface area contributed by atoms with E-state index >= 15 is 0 Å². The van der Waals surface area contributed by atoms with E-state index in [-0.39, 0.29) is 0 Å². The molecule has 17 heavy (non-hydrogen) atoms. The molecule has 1 aliphatic rings. The Morgan fingerprint density at radius 3 is 2.12 bits per heavy atom. The number of nitrogen functional groups attached to an aromatic ring is 1. The molecule has 0 radical (unpaired) electrons. The fourth-order valence-corrected chi connectivity index (χ4v) is 3.41. The largest absolute Gasteiger partial charge is 0.399 e. The van der Waals surface area contributed by atoms with Crippen LogP contribution in [0.5, 0.6) is 0 Å². The molecule has 1 nitrogen and oxygen atoms in total. The summed E-state index contributed by atoms with van der Waals surface area (Å²) in [5, 5.41) is 0. The number of nitrogens with two attached hydrogens (primary N) is 1. The highest BCUT2D eigenvalue weighted by Crippen LogP contribution is 2.40. The van der Waals surface area contributed by atoms with Gasteiger partial charge in [0.2, 0.25) is 0 Å². The highest BCUT2D eigenvalue weighted by Gasteiger charge is 2.27. The van der Waals surface area contributed by atoms with Crippen molar-refractivity contribution in [1.82, 2.24) is 0 Å². The van der Waals surface area contributed by atoms with Crippen LogP contribution in [0, 0.1) is 11.8 Å². The standard InChI is InChI=1S/C16H25N/c1-12(2)16(13-6-4-3-5-7-13)14-8-10-15(17)11-9-14/h8-13,16H,3-7,17H2,1-2H3/t16-/m1/s1. The first-order valence-electron chi connectivity index (χ1n) is 7.04. The molecule has 1 aromatic rings. The number of hydrogen-bond donors (Lipinski definition) is 1. The summed E-state index contributed by atoms with van der Waals surface area (Å²) >= 11 is 0. The van der Waals surface area contributed by atoms with E-state index in [0.29, 0.717) is 0 Å². The normalized spacial score (nSPS) is 19.5. The maximum Gasteiger partial charge on any atom is 0.0314 e. The molecule has 0 amide bonds. The molecule has 0 heterocycles. The maximum absolute atomic E-state index is 5.78. The lowest BCUT2D eigenvalue weighted by Crippen LogP contribution is -2.20. The second-order valence-corrected chi connectivity index (χ2v) is 5.83. The minimum Gasteiger partial charge on any atom is -0.399 e. The van der Waals surface area contributed by atoms with Crippen molar-refractivity contribution < 1.29 is 0 Å². The van der Waals surface area contributed by atoms with Crippen LogP contribution in [0.25, 0.3) is 0 Å². The average molecular weight is 231 g/mol. The van der Waals surface area contributed by atoms with E-state index < -0.39 is 0 Å². The van der Waals surface area contributed by atoms with Gasteiger partial charge < -0.3 is 5.73 Å². The molecule has 1 heteroatoms. The molecule has 0 spiro atoms. The molecule has 0 aliphatic heterocycles. The van der Waals surface area contributed by atoms with Crippen LogP contribution in [0.3, 0.4) is 0 Å². The Morgan fingerprint density at radius 1 is 1.00 bits per heavy atom. The summed E-state index contributed by atoms with van der Waals surface area (Å²) in [7, 11) is 0. The quantitative estimate of drug-likeness (QED) is 0.757. The molecule has 0 unspecified atom stereocenters. The monoisotopic (exact) mass is 231 g/mol. The lowest BCUT2D eigenvalue weighted by Gasteiger charge is -2.33. The molecule has 94 valence electrons. The summed E-state index contributed by atoms with van der Waals surface area (Å²) in [6, 6.07) is 8.56. The topological polar surface area (TPSA) is 26.0 Å². The third kappa shape index (κ3) is 3.02. The first-order chi connectivity index (χ1) is 8.18. The van der Waals surface area contributed by atoms with Gasteiger partial charge in [-0.05, 0) is 48.3 Å². The minimum atomic E-state index is 0.718. The highest BCUT2D eigenvalue weighted by molar-refractivity contribution is 5.40. The Bertz CT molecular complexity index is 333. The molecule has 0 saturated heterocycles. The van der Waals surface area contributed by atoms with Gasteiger partial charge in [0.15, 0.2) is 0 Å². The van der Waals surface area contributed by atoms with Gasteiger partial charge in [0.1, 0.15) is 0 Å². The van der Waals surface area contributed by atoms with Crippen molar-refractivity contribution in [2.24, 2.45) is 11.8 Å². The van der Waals surface area contributed by atoms with Crippen LogP contribution in [-0.2, 0) is 0 Å². The number of benzene rings is 1. The predicted octanol–water partition coefficient (Wildman–Crippen LogP) is 4.59. The molecular weight excluding hydrogens is 206 g/mol. The van der Waals surface area contributed by atoms with Crippen molar-refractivity contribution in [1.29, 1.82) is 0 Å². The summed E-state index contributed by atoms with van der Waals surface area (Å²) in [6.07, 6.45) is 7.09. The summed E-state index contributed by atoms with van der Waals surface area (Å²) in [6.45, 7) is 4.71. The van der Waals surface area contributed by atoms with Crippen LogP contribution < -0.4 is 5.73 Å². The summed E-state index contributed by atoms with van der Waals surface area (Å²) in [5.41, 5.74) is 8.14. The van der Waals surface area contributed by atoms with E-state index in [1.165, 1.54) is 37.7 Å². The molecule has 1 aliphatic carbocycles. The fourth-order valence-electron chi connectivity index (χ4n) is 3.41. The van der Waals surface area contributed by atoms with E-state index in [1.807, 2.05) is 12.1 Å². The first kappa shape index (κ1) is 12.5. The Morgan fingerprint density at radius 2 is 1.59 bits per heavy atom. The van der Waals surface area contributed by atoms with Crippen molar-refractivity contribution in [2.45, 2.75) is 51.9 Å². The van der Waals surface area contributed by atoms with Gasteiger partial charge in [-0.2, -0.15) is 0 Å². The zero-order valence-electron chi connectivity index (χ0n) is 11.2. The van der Waals surface area contributed by atoms with Crippen LogP contribution >= 0.6 is 0 Å². The number of rotatable bonds is 3. The highest BCUT2D eigenvalue weighted by atomic mass is 14.5. The summed E-state index contributed by atoms with van der Waals surface area (Å²) in [5.74, 6) is 2.32. The summed E-state index contributed by atoms with van der Waals surface area (Å²) in [4.78, 5) is 0. The maximum atomic E-state index is 5.78. The van der Waals surface area contributed by atoms with Crippen molar-refractivity contribution in [3.63, 3.8) is 0 Å². The van der Waals surface area contributed by atoms with E-state index in [1.54, 1.807) is 0 Å². The second kappa shape index (κ2) is 5.57. The van der Waals surface area contributed by atoms with Crippen LogP contribution in [0.1, 0.15) is 57.4 Å². The van der Waals surface area contributed by atoms with Crippen molar-refractivity contribution >= 4 is 5.69 Å². The van der Waals surface area contributed by atoms with E-state index in [0.717, 1.165) is 23.4 Å². The Kier molecular flexibility index (Phi) is 4.09. The van der Waals surface area contributed by atoms with E-state index in [2.05, 4.69) is 26.0 Å². The van der Waals surface area contributed by atoms with Gasteiger partial charge in [0.25, 0.3) is 0 Å². The molecule has 1 fully saturated rings. The summed E-state index contributed by atoms with van der Waals surface area (Å²) < 4.78 is 0. The third-order valence-electron chi connectivity index (χ3n) is 4.20. The van der Waals surface area contributed by atoms with Gasteiger partial charge >= 0.3 is 0 Å². The lowest BCUT2D eigenvalue weighted by molar-refractivity contribution is 0.260. The van der Waals surface area contributed by atoms with Gasteiger partial charge in [-0.15, -0.1) is 0 Å². The van der Waals surface area contributed by atoms with Gasteiger partial charge in [-0.1, -0.05) is 45.2 Å². The third-order valence-corrected chi connectivity index (χ3v) is 4.20.